The van der Waals surface area contributed by atoms with E-state index >= 15 is 0 Å². The van der Waals surface area contributed by atoms with E-state index in [9.17, 15) is 13.6 Å². The number of esters is 1. The Balaban J connectivity index is 2.08. The third kappa shape index (κ3) is 2.96. The van der Waals surface area contributed by atoms with Gasteiger partial charge in [-0.05, 0) is 25.1 Å². The average Bonchev–Trinajstić information content (AvgIpc) is 2.78. The van der Waals surface area contributed by atoms with E-state index in [1.165, 1.54) is 12.1 Å². The van der Waals surface area contributed by atoms with Crippen molar-refractivity contribution in [1.82, 2.24) is 4.57 Å². The first-order valence-electron chi connectivity index (χ1n) is 6.08. The average molecular weight is 280 g/mol. The molecule has 2 rings (SSSR count). The maximum Gasteiger partial charge on any atom is 0.355 e. The zero-order valence-corrected chi connectivity index (χ0v) is 10.9. The van der Waals surface area contributed by atoms with E-state index in [1.807, 2.05) is 6.92 Å². The number of ether oxygens (including phenoxy) is 1. The van der Waals surface area contributed by atoms with E-state index in [2.05, 4.69) is 0 Å². The molecule has 0 saturated carbocycles. The van der Waals surface area contributed by atoms with Gasteiger partial charge in [0.15, 0.2) is 0 Å². The second kappa shape index (κ2) is 5.73. The molecule has 1 aromatic heterocycles. The number of nitrogens with zero attached hydrogens (tertiary/aromatic N) is 1. The fraction of sp³-hybridized carbons (Fsp3) is 0.214. The zero-order chi connectivity index (χ0) is 14.7. The summed E-state index contributed by atoms with van der Waals surface area (Å²) < 4.78 is 32.8. The van der Waals surface area contributed by atoms with Crippen molar-refractivity contribution in [2.24, 2.45) is 0 Å². The number of benzene rings is 1. The molecule has 0 spiro atoms. The molecular weight excluding hydrogens is 266 g/mol. The quantitative estimate of drug-likeness (QED) is 0.876. The number of aryl methyl sites for hydroxylation is 1. The molecule has 0 aliphatic carbocycles. The molecule has 0 fully saturated rings. The maximum absolute atomic E-state index is 13.4. The van der Waals surface area contributed by atoms with Crippen LogP contribution in [0.3, 0.4) is 0 Å². The van der Waals surface area contributed by atoms with Gasteiger partial charge in [-0.1, -0.05) is 0 Å². The minimum Gasteiger partial charge on any atom is -0.456 e. The SMILES string of the molecule is CCn1cc(N)cc1C(=O)OCc1ccc(F)cc1F. The van der Waals surface area contributed by atoms with E-state index < -0.39 is 17.6 Å². The molecule has 0 unspecified atom stereocenters. The minimum absolute atomic E-state index is 0.113. The molecule has 2 aromatic rings. The Labute approximate surface area is 114 Å². The summed E-state index contributed by atoms with van der Waals surface area (Å²) in [6.07, 6.45) is 1.62. The summed E-state index contributed by atoms with van der Waals surface area (Å²) in [5.74, 6) is -2.03. The monoisotopic (exact) mass is 280 g/mol. The van der Waals surface area contributed by atoms with Crippen molar-refractivity contribution in [3.05, 3.63) is 53.4 Å². The van der Waals surface area contributed by atoms with Crippen LogP contribution in [-0.2, 0) is 17.9 Å². The van der Waals surface area contributed by atoms with Gasteiger partial charge in [-0.2, -0.15) is 0 Å². The standard InChI is InChI=1S/C14H14F2N2O2/c1-2-18-7-11(17)6-13(18)14(19)20-8-9-3-4-10(15)5-12(9)16/h3-7H,2,8,17H2,1H3. The largest absolute Gasteiger partial charge is 0.456 e. The van der Waals surface area contributed by atoms with Crippen molar-refractivity contribution in [2.75, 3.05) is 5.73 Å². The predicted octanol–water partition coefficient (Wildman–Crippen LogP) is 2.73. The number of nitrogen functional groups attached to an aromatic ring is 1. The highest BCUT2D eigenvalue weighted by molar-refractivity contribution is 5.89. The molecule has 0 amide bonds. The lowest BCUT2D eigenvalue weighted by Gasteiger charge is -2.07. The van der Waals surface area contributed by atoms with Gasteiger partial charge in [-0.3, -0.25) is 0 Å². The van der Waals surface area contributed by atoms with Gasteiger partial charge >= 0.3 is 5.97 Å². The summed E-state index contributed by atoms with van der Waals surface area (Å²) >= 11 is 0. The van der Waals surface area contributed by atoms with Gasteiger partial charge in [0, 0.05) is 24.4 Å². The second-order valence-electron chi connectivity index (χ2n) is 4.26. The summed E-state index contributed by atoms with van der Waals surface area (Å²) in [7, 11) is 0. The normalized spacial score (nSPS) is 10.6. The summed E-state index contributed by atoms with van der Waals surface area (Å²) in [5, 5.41) is 0. The van der Waals surface area contributed by atoms with Gasteiger partial charge in [0.2, 0.25) is 0 Å². The number of carbonyl (C=O) groups excluding carboxylic acids is 1. The fourth-order valence-corrected chi connectivity index (χ4v) is 1.82. The van der Waals surface area contributed by atoms with E-state index in [0.717, 1.165) is 12.1 Å². The van der Waals surface area contributed by atoms with Crippen LogP contribution in [0.25, 0.3) is 0 Å². The molecule has 0 aliphatic heterocycles. The lowest BCUT2D eigenvalue weighted by Crippen LogP contribution is -2.11. The molecule has 1 heterocycles. The number of hydrogen-bond donors (Lipinski definition) is 1. The molecule has 0 saturated heterocycles. The first-order valence-corrected chi connectivity index (χ1v) is 6.08. The smallest absolute Gasteiger partial charge is 0.355 e. The van der Waals surface area contributed by atoms with Crippen molar-refractivity contribution in [3.8, 4) is 0 Å². The van der Waals surface area contributed by atoms with Crippen molar-refractivity contribution < 1.29 is 18.3 Å². The Morgan fingerprint density at radius 3 is 2.75 bits per heavy atom. The first kappa shape index (κ1) is 14.0. The van der Waals surface area contributed by atoms with Gasteiger partial charge in [0.25, 0.3) is 0 Å². The summed E-state index contributed by atoms with van der Waals surface area (Å²) in [6, 6.07) is 4.59. The molecule has 6 heteroatoms. The van der Waals surface area contributed by atoms with Crippen LogP contribution in [0.4, 0.5) is 14.5 Å². The minimum atomic E-state index is -0.747. The number of aromatic nitrogens is 1. The van der Waals surface area contributed by atoms with Gasteiger partial charge in [-0.25, -0.2) is 13.6 Å². The predicted molar refractivity (Wildman–Crippen MR) is 70.0 cm³/mol. The molecule has 0 aliphatic rings. The third-order valence-electron chi connectivity index (χ3n) is 2.84. The number of halogens is 2. The highest BCUT2D eigenvalue weighted by Gasteiger charge is 2.14. The lowest BCUT2D eigenvalue weighted by molar-refractivity contribution is 0.0456. The molecule has 106 valence electrons. The summed E-state index contributed by atoms with van der Waals surface area (Å²) in [4.78, 5) is 11.9. The fourth-order valence-electron chi connectivity index (χ4n) is 1.82. The van der Waals surface area contributed by atoms with Crippen molar-refractivity contribution >= 4 is 11.7 Å². The number of hydrogen-bond acceptors (Lipinski definition) is 3. The third-order valence-corrected chi connectivity index (χ3v) is 2.84. The van der Waals surface area contributed by atoms with E-state index in [0.29, 0.717) is 17.9 Å². The molecule has 0 bridgehead atoms. The zero-order valence-electron chi connectivity index (χ0n) is 10.9. The van der Waals surface area contributed by atoms with E-state index in [1.54, 1.807) is 10.8 Å². The molecular formula is C14H14F2N2O2. The van der Waals surface area contributed by atoms with E-state index in [-0.39, 0.29) is 12.2 Å². The molecule has 0 radical (unpaired) electrons. The van der Waals surface area contributed by atoms with Gasteiger partial charge in [0.1, 0.15) is 23.9 Å². The number of nitrogens with two attached hydrogens (primary N) is 1. The topological polar surface area (TPSA) is 57.2 Å². The maximum atomic E-state index is 13.4. The van der Waals surface area contributed by atoms with Crippen molar-refractivity contribution in [3.63, 3.8) is 0 Å². The van der Waals surface area contributed by atoms with Gasteiger partial charge in [0.05, 0.1) is 5.69 Å². The van der Waals surface area contributed by atoms with Crippen LogP contribution in [0.2, 0.25) is 0 Å². The number of anilines is 1. The highest BCUT2D eigenvalue weighted by atomic mass is 19.1. The van der Waals surface area contributed by atoms with E-state index in [4.69, 9.17) is 10.5 Å². The molecule has 20 heavy (non-hydrogen) atoms. The van der Waals surface area contributed by atoms with Crippen LogP contribution in [0.5, 0.6) is 0 Å². The Hall–Kier alpha value is -2.37. The molecule has 4 nitrogen and oxygen atoms in total. The van der Waals surface area contributed by atoms with Crippen LogP contribution in [0.1, 0.15) is 23.0 Å². The Bertz CT molecular complexity index is 638. The Kier molecular flexibility index (Phi) is 4.02. The molecule has 0 atom stereocenters. The number of carbonyl (C=O) groups is 1. The first-order chi connectivity index (χ1) is 9.51. The van der Waals surface area contributed by atoms with Crippen LogP contribution >= 0.6 is 0 Å². The van der Waals surface area contributed by atoms with Crippen LogP contribution < -0.4 is 5.73 Å². The second-order valence-corrected chi connectivity index (χ2v) is 4.26. The van der Waals surface area contributed by atoms with Crippen molar-refractivity contribution in [2.45, 2.75) is 20.1 Å². The molecule has 2 N–H and O–H groups in total. The van der Waals surface area contributed by atoms with Crippen LogP contribution in [-0.4, -0.2) is 10.5 Å². The van der Waals surface area contributed by atoms with Crippen LogP contribution in [0, 0.1) is 11.6 Å². The van der Waals surface area contributed by atoms with Crippen molar-refractivity contribution in [1.29, 1.82) is 0 Å². The summed E-state index contributed by atoms with van der Waals surface area (Å²) in [5.41, 5.74) is 6.47. The Morgan fingerprint density at radius 2 is 2.10 bits per heavy atom. The lowest BCUT2D eigenvalue weighted by atomic mass is 10.2. The highest BCUT2D eigenvalue weighted by Crippen LogP contribution is 2.15. The number of rotatable bonds is 4. The summed E-state index contributed by atoms with van der Waals surface area (Å²) in [6.45, 7) is 2.15. The van der Waals surface area contributed by atoms with Crippen LogP contribution in [0.15, 0.2) is 30.5 Å². The molecule has 1 aromatic carbocycles. The van der Waals surface area contributed by atoms with Gasteiger partial charge in [-0.15, -0.1) is 0 Å². The Morgan fingerprint density at radius 1 is 1.35 bits per heavy atom. The van der Waals surface area contributed by atoms with Gasteiger partial charge < -0.3 is 15.0 Å².